The number of nitrogens with zero attached hydrogens (tertiary/aromatic N) is 1. The summed E-state index contributed by atoms with van der Waals surface area (Å²) in [5, 5.41) is 3.10. The standard InChI is InChI=1S/C22H27N3O2.ClH/c1-16-7-5-6-10-19(16)21(26)24-18-11-13-25(14-12-18)22(27)20(23)15-17-8-3-2-4-9-17;/h2-10,18,20H,11-15,23H2,1H3,(H,24,26);1H. The number of benzene rings is 2. The maximum Gasteiger partial charge on any atom is 0.251 e. The number of halogens is 1. The molecule has 3 N–H and O–H groups in total. The Kier molecular flexibility index (Phi) is 8.03. The zero-order chi connectivity index (χ0) is 19.2. The first-order valence-corrected chi connectivity index (χ1v) is 9.49. The predicted molar refractivity (Wildman–Crippen MR) is 114 cm³/mol. The molecule has 1 aliphatic heterocycles. The molecule has 150 valence electrons. The highest BCUT2D eigenvalue weighted by atomic mass is 35.5. The second-order valence-corrected chi connectivity index (χ2v) is 7.18. The normalized spacial score (nSPS) is 15.4. The van der Waals surface area contributed by atoms with Gasteiger partial charge >= 0.3 is 0 Å². The number of hydrogen-bond donors (Lipinski definition) is 2. The van der Waals surface area contributed by atoms with Crippen molar-refractivity contribution >= 4 is 24.2 Å². The van der Waals surface area contributed by atoms with Gasteiger partial charge in [0.15, 0.2) is 0 Å². The lowest BCUT2D eigenvalue weighted by molar-refractivity contribution is -0.133. The summed E-state index contributed by atoms with van der Waals surface area (Å²) in [5.74, 6) is -0.0545. The first kappa shape index (κ1) is 21.9. The number of carbonyl (C=O) groups excluding carboxylic acids is 2. The molecule has 1 unspecified atom stereocenters. The molecular weight excluding hydrogens is 374 g/mol. The molecule has 5 nitrogen and oxygen atoms in total. The lowest BCUT2D eigenvalue weighted by Gasteiger charge is -2.34. The van der Waals surface area contributed by atoms with Crippen LogP contribution in [0.3, 0.4) is 0 Å². The SMILES string of the molecule is Cc1ccccc1C(=O)NC1CCN(C(=O)C(N)Cc2ccccc2)CC1.Cl. The van der Waals surface area contributed by atoms with Crippen LogP contribution in [0.2, 0.25) is 0 Å². The average molecular weight is 402 g/mol. The lowest BCUT2D eigenvalue weighted by atomic mass is 10.0. The molecule has 2 aromatic carbocycles. The van der Waals surface area contributed by atoms with E-state index in [-0.39, 0.29) is 30.3 Å². The van der Waals surface area contributed by atoms with Gasteiger partial charge in [-0.1, -0.05) is 48.5 Å². The van der Waals surface area contributed by atoms with E-state index in [0.29, 0.717) is 25.1 Å². The maximum atomic E-state index is 12.6. The summed E-state index contributed by atoms with van der Waals surface area (Å²) in [6.45, 7) is 3.18. The quantitative estimate of drug-likeness (QED) is 0.808. The highest BCUT2D eigenvalue weighted by Crippen LogP contribution is 2.14. The van der Waals surface area contributed by atoms with Gasteiger partial charge in [0.05, 0.1) is 6.04 Å². The fourth-order valence-electron chi connectivity index (χ4n) is 3.52. The summed E-state index contributed by atoms with van der Waals surface area (Å²) in [6.07, 6.45) is 2.05. The lowest BCUT2D eigenvalue weighted by Crippen LogP contribution is -2.51. The van der Waals surface area contributed by atoms with Crippen LogP contribution in [0.25, 0.3) is 0 Å². The Labute approximate surface area is 172 Å². The van der Waals surface area contributed by atoms with Crippen LogP contribution >= 0.6 is 12.4 Å². The molecule has 1 aliphatic rings. The zero-order valence-corrected chi connectivity index (χ0v) is 17.0. The van der Waals surface area contributed by atoms with Gasteiger partial charge in [-0.2, -0.15) is 0 Å². The Morgan fingerprint density at radius 3 is 2.32 bits per heavy atom. The van der Waals surface area contributed by atoms with E-state index in [4.69, 9.17) is 5.73 Å². The molecular formula is C22H28ClN3O2. The number of hydrogen-bond acceptors (Lipinski definition) is 3. The second-order valence-electron chi connectivity index (χ2n) is 7.18. The van der Waals surface area contributed by atoms with Gasteiger partial charge in [0, 0.05) is 24.7 Å². The van der Waals surface area contributed by atoms with E-state index in [1.165, 1.54) is 0 Å². The molecule has 1 atom stereocenters. The van der Waals surface area contributed by atoms with Crippen LogP contribution < -0.4 is 11.1 Å². The van der Waals surface area contributed by atoms with Crippen LogP contribution in [-0.4, -0.2) is 41.9 Å². The van der Waals surface area contributed by atoms with Gasteiger partial charge in [0.25, 0.3) is 5.91 Å². The average Bonchev–Trinajstić information content (AvgIpc) is 2.69. The molecule has 3 rings (SSSR count). The van der Waals surface area contributed by atoms with E-state index in [1.54, 1.807) is 0 Å². The molecule has 2 amide bonds. The summed E-state index contributed by atoms with van der Waals surface area (Å²) < 4.78 is 0. The monoisotopic (exact) mass is 401 g/mol. The Hall–Kier alpha value is -2.37. The molecule has 0 radical (unpaired) electrons. The first-order valence-electron chi connectivity index (χ1n) is 9.49. The maximum absolute atomic E-state index is 12.6. The van der Waals surface area contributed by atoms with Crippen molar-refractivity contribution in [3.05, 3.63) is 71.3 Å². The highest BCUT2D eigenvalue weighted by Gasteiger charge is 2.27. The molecule has 2 aromatic rings. The topological polar surface area (TPSA) is 75.4 Å². The number of nitrogens with two attached hydrogens (primary N) is 1. The number of piperidine rings is 1. The van der Waals surface area contributed by atoms with Crippen LogP contribution in [0, 0.1) is 6.92 Å². The minimum absolute atomic E-state index is 0. The Morgan fingerprint density at radius 2 is 1.68 bits per heavy atom. The molecule has 0 aliphatic carbocycles. The number of likely N-dealkylation sites (tertiary alicyclic amines) is 1. The summed E-state index contributed by atoms with van der Waals surface area (Å²) in [4.78, 5) is 26.9. The van der Waals surface area contributed by atoms with Crippen molar-refractivity contribution in [3.63, 3.8) is 0 Å². The third kappa shape index (κ3) is 5.57. The van der Waals surface area contributed by atoms with Crippen LogP contribution in [0.15, 0.2) is 54.6 Å². The fourth-order valence-corrected chi connectivity index (χ4v) is 3.52. The fraction of sp³-hybridized carbons (Fsp3) is 0.364. The smallest absolute Gasteiger partial charge is 0.251 e. The van der Waals surface area contributed by atoms with Crippen molar-refractivity contribution < 1.29 is 9.59 Å². The Balaban J connectivity index is 0.00000280. The van der Waals surface area contributed by atoms with E-state index in [9.17, 15) is 9.59 Å². The minimum atomic E-state index is -0.523. The summed E-state index contributed by atoms with van der Waals surface area (Å²) >= 11 is 0. The Morgan fingerprint density at radius 1 is 1.07 bits per heavy atom. The molecule has 1 fully saturated rings. The van der Waals surface area contributed by atoms with Gasteiger partial charge in [-0.25, -0.2) is 0 Å². The van der Waals surface area contributed by atoms with E-state index < -0.39 is 6.04 Å². The van der Waals surface area contributed by atoms with Crippen molar-refractivity contribution in [2.75, 3.05) is 13.1 Å². The third-order valence-corrected chi connectivity index (χ3v) is 5.15. The van der Waals surface area contributed by atoms with Crippen molar-refractivity contribution in [1.29, 1.82) is 0 Å². The van der Waals surface area contributed by atoms with Crippen molar-refractivity contribution in [2.45, 2.75) is 38.3 Å². The van der Waals surface area contributed by atoms with Gasteiger partial charge < -0.3 is 16.0 Å². The molecule has 0 saturated carbocycles. The van der Waals surface area contributed by atoms with E-state index in [1.807, 2.05) is 66.4 Å². The Bertz CT molecular complexity index is 789. The molecule has 0 spiro atoms. The zero-order valence-electron chi connectivity index (χ0n) is 16.1. The van der Waals surface area contributed by atoms with Gasteiger partial charge in [-0.05, 0) is 43.4 Å². The van der Waals surface area contributed by atoms with Gasteiger partial charge in [-0.15, -0.1) is 12.4 Å². The number of amides is 2. The van der Waals surface area contributed by atoms with Crippen molar-refractivity contribution in [1.82, 2.24) is 10.2 Å². The van der Waals surface area contributed by atoms with Crippen LogP contribution in [0.5, 0.6) is 0 Å². The first-order chi connectivity index (χ1) is 13.0. The van der Waals surface area contributed by atoms with E-state index in [2.05, 4.69) is 5.32 Å². The van der Waals surface area contributed by atoms with Crippen LogP contribution in [0.1, 0.15) is 34.3 Å². The summed E-state index contributed by atoms with van der Waals surface area (Å²) in [7, 11) is 0. The van der Waals surface area contributed by atoms with Crippen LogP contribution in [0.4, 0.5) is 0 Å². The number of aryl methyl sites for hydroxylation is 1. The number of rotatable bonds is 5. The molecule has 6 heteroatoms. The third-order valence-electron chi connectivity index (χ3n) is 5.15. The molecule has 0 aromatic heterocycles. The van der Waals surface area contributed by atoms with Crippen LogP contribution in [-0.2, 0) is 11.2 Å². The van der Waals surface area contributed by atoms with Gasteiger partial charge in [0.2, 0.25) is 5.91 Å². The van der Waals surface area contributed by atoms with E-state index in [0.717, 1.165) is 24.0 Å². The second kappa shape index (κ2) is 10.2. The van der Waals surface area contributed by atoms with E-state index >= 15 is 0 Å². The highest BCUT2D eigenvalue weighted by molar-refractivity contribution is 5.95. The summed E-state index contributed by atoms with van der Waals surface area (Å²) in [5.41, 5.74) is 8.87. The predicted octanol–water partition coefficient (Wildman–Crippen LogP) is 2.71. The number of nitrogens with one attached hydrogen (secondary N) is 1. The van der Waals surface area contributed by atoms with Crippen molar-refractivity contribution in [3.8, 4) is 0 Å². The molecule has 1 heterocycles. The van der Waals surface area contributed by atoms with Gasteiger partial charge in [0.1, 0.15) is 0 Å². The largest absolute Gasteiger partial charge is 0.349 e. The molecule has 28 heavy (non-hydrogen) atoms. The van der Waals surface area contributed by atoms with Gasteiger partial charge in [-0.3, -0.25) is 9.59 Å². The molecule has 1 saturated heterocycles. The number of carbonyl (C=O) groups is 2. The summed E-state index contributed by atoms with van der Waals surface area (Å²) in [6, 6.07) is 17.0. The molecule has 0 bridgehead atoms. The van der Waals surface area contributed by atoms with Crippen molar-refractivity contribution in [2.24, 2.45) is 5.73 Å². The minimum Gasteiger partial charge on any atom is -0.349 e.